The summed E-state index contributed by atoms with van der Waals surface area (Å²) in [6.45, 7) is 2.29. The van der Waals surface area contributed by atoms with Crippen LogP contribution in [0.2, 0.25) is 0 Å². The molecule has 1 saturated heterocycles. The number of pyridine rings is 1. The number of nitrogens with zero attached hydrogens (tertiary/aromatic N) is 3. The summed E-state index contributed by atoms with van der Waals surface area (Å²) in [6, 6.07) is 9.72. The lowest BCUT2D eigenvalue weighted by Crippen LogP contribution is -2.48. The van der Waals surface area contributed by atoms with Crippen LogP contribution >= 0.6 is 0 Å². The molecule has 7 heteroatoms. The molecule has 26 heavy (non-hydrogen) atoms. The Morgan fingerprint density at radius 2 is 2.15 bits per heavy atom. The molecule has 3 rings (SSSR count). The van der Waals surface area contributed by atoms with Gasteiger partial charge in [0.1, 0.15) is 11.6 Å². The number of aromatic nitrogens is 1. The van der Waals surface area contributed by atoms with Gasteiger partial charge in [0.25, 0.3) is 5.91 Å². The van der Waals surface area contributed by atoms with Crippen LogP contribution in [0.1, 0.15) is 10.4 Å². The Bertz CT molecular complexity index is 769. The zero-order valence-electron chi connectivity index (χ0n) is 15.0. The second-order valence-corrected chi connectivity index (χ2v) is 6.51. The average Bonchev–Trinajstić information content (AvgIpc) is 2.63. The highest BCUT2D eigenvalue weighted by Crippen LogP contribution is 2.22. The fourth-order valence-electron chi connectivity index (χ4n) is 2.96. The minimum Gasteiger partial charge on any atom is -0.373 e. The summed E-state index contributed by atoms with van der Waals surface area (Å²) >= 11 is 0. The summed E-state index contributed by atoms with van der Waals surface area (Å²) in [5, 5.41) is 2.93. The number of carbonyl (C=O) groups excluding carboxylic acids is 1. The molecule has 138 valence electrons. The van der Waals surface area contributed by atoms with Crippen LogP contribution in [0.5, 0.6) is 0 Å². The van der Waals surface area contributed by atoms with Crippen LogP contribution in [0.15, 0.2) is 42.6 Å². The minimum absolute atomic E-state index is 0.0256. The van der Waals surface area contributed by atoms with Crippen LogP contribution in [0, 0.1) is 5.82 Å². The third-order valence-corrected chi connectivity index (χ3v) is 4.16. The van der Waals surface area contributed by atoms with E-state index in [1.807, 2.05) is 19.0 Å². The molecular weight excluding hydrogens is 335 g/mol. The van der Waals surface area contributed by atoms with E-state index in [1.165, 1.54) is 6.07 Å². The third kappa shape index (κ3) is 4.36. The molecule has 0 bridgehead atoms. The zero-order chi connectivity index (χ0) is 18.5. The summed E-state index contributed by atoms with van der Waals surface area (Å²) in [6.07, 6.45) is 1.55. The number of hydrogen-bond acceptors (Lipinski definition) is 5. The predicted molar refractivity (Wildman–Crippen MR) is 98.1 cm³/mol. The summed E-state index contributed by atoms with van der Waals surface area (Å²) in [7, 11) is 3.95. The van der Waals surface area contributed by atoms with Gasteiger partial charge in [0, 0.05) is 25.8 Å². The van der Waals surface area contributed by atoms with E-state index >= 15 is 0 Å². The Morgan fingerprint density at radius 1 is 1.35 bits per heavy atom. The van der Waals surface area contributed by atoms with Gasteiger partial charge in [-0.05, 0) is 38.4 Å². The lowest BCUT2D eigenvalue weighted by atomic mass is 10.1. The number of benzene rings is 1. The van der Waals surface area contributed by atoms with E-state index in [2.05, 4.69) is 10.3 Å². The van der Waals surface area contributed by atoms with Crippen LogP contribution < -0.4 is 5.32 Å². The molecule has 1 N–H and O–H groups in total. The second kappa shape index (κ2) is 8.25. The number of morpholine rings is 1. The van der Waals surface area contributed by atoms with Crippen molar-refractivity contribution < 1.29 is 13.9 Å². The predicted octanol–water partition coefficient (Wildman–Crippen LogP) is 2.37. The van der Waals surface area contributed by atoms with Crippen molar-refractivity contribution in [1.29, 1.82) is 0 Å². The van der Waals surface area contributed by atoms with Crippen molar-refractivity contribution in [3.05, 3.63) is 54.0 Å². The lowest BCUT2D eigenvalue weighted by Gasteiger charge is -2.34. The number of nitrogens with one attached hydrogen (secondary N) is 1. The van der Waals surface area contributed by atoms with Crippen LogP contribution in [0.3, 0.4) is 0 Å². The first-order valence-corrected chi connectivity index (χ1v) is 8.57. The average molecular weight is 358 g/mol. The number of anilines is 2. The molecule has 1 aromatic carbocycles. The zero-order valence-corrected chi connectivity index (χ0v) is 15.0. The molecule has 0 spiro atoms. The highest BCUT2D eigenvalue weighted by molar-refractivity contribution is 5.99. The monoisotopic (exact) mass is 358 g/mol. The summed E-state index contributed by atoms with van der Waals surface area (Å²) < 4.78 is 19.7. The molecule has 1 aromatic heterocycles. The van der Waals surface area contributed by atoms with Crippen LogP contribution in [0.4, 0.5) is 15.9 Å². The summed E-state index contributed by atoms with van der Waals surface area (Å²) in [5.41, 5.74) is 0.703. The van der Waals surface area contributed by atoms with Gasteiger partial charge in [0.15, 0.2) is 0 Å². The van der Waals surface area contributed by atoms with Gasteiger partial charge in [-0.1, -0.05) is 12.1 Å². The molecule has 1 aliphatic heterocycles. The number of carbonyl (C=O) groups is 1. The Labute approximate surface area is 152 Å². The van der Waals surface area contributed by atoms with Crippen molar-refractivity contribution in [3.8, 4) is 0 Å². The van der Waals surface area contributed by atoms with Gasteiger partial charge in [-0.15, -0.1) is 0 Å². The number of rotatable bonds is 5. The number of amides is 1. The third-order valence-electron chi connectivity index (χ3n) is 4.16. The summed E-state index contributed by atoms with van der Waals surface area (Å²) in [5.74, 6) is -0.184. The molecule has 6 nitrogen and oxygen atoms in total. The van der Waals surface area contributed by atoms with Crippen molar-refractivity contribution in [3.63, 3.8) is 0 Å². The molecule has 1 atom stereocenters. The highest BCUT2D eigenvalue weighted by atomic mass is 19.1. The van der Waals surface area contributed by atoms with Gasteiger partial charge in [-0.2, -0.15) is 0 Å². The quantitative estimate of drug-likeness (QED) is 0.889. The van der Waals surface area contributed by atoms with Gasteiger partial charge in [-0.3, -0.25) is 4.79 Å². The molecule has 2 heterocycles. The van der Waals surface area contributed by atoms with Crippen molar-refractivity contribution in [1.82, 2.24) is 14.8 Å². The molecule has 1 fully saturated rings. The van der Waals surface area contributed by atoms with E-state index in [1.54, 1.807) is 41.4 Å². The molecule has 1 unspecified atom stereocenters. The number of likely N-dealkylation sites (N-methyl/N-ethyl adjacent to an activating group) is 1. The molecule has 0 radical (unpaired) electrons. The van der Waals surface area contributed by atoms with Gasteiger partial charge < -0.3 is 19.9 Å². The first-order chi connectivity index (χ1) is 12.5. The smallest absolute Gasteiger partial charge is 0.257 e. The van der Waals surface area contributed by atoms with Gasteiger partial charge in [0.2, 0.25) is 0 Å². The molecule has 1 amide bonds. The molecule has 1 aliphatic rings. The Balaban J connectivity index is 1.78. The molecule has 0 aliphatic carbocycles. The van der Waals surface area contributed by atoms with E-state index in [0.717, 1.165) is 6.54 Å². The van der Waals surface area contributed by atoms with E-state index in [0.29, 0.717) is 31.1 Å². The van der Waals surface area contributed by atoms with Crippen molar-refractivity contribution in [2.75, 3.05) is 45.7 Å². The maximum atomic E-state index is 13.9. The highest BCUT2D eigenvalue weighted by Gasteiger charge is 2.27. The second-order valence-electron chi connectivity index (χ2n) is 6.51. The lowest BCUT2D eigenvalue weighted by molar-refractivity contribution is -0.0306. The standard InChI is InChI=1S/C19H23FN4O2/c1-23(2)12-14-13-24(10-11-26-14)19(25)15-6-5-9-21-18(15)22-17-8-4-3-7-16(17)20/h3-9,14H,10-13H2,1-2H3,(H,21,22). The first-order valence-electron chi connectivity index (χ1n) is 8.57. The maximum Gasteiger partial charge on any atom is 0.257 e. The topological polar surface area (TPSA) is 57.7 Å². The van der Waals surface area contributed by atoms with Crippen LogP contribution in [-0.4, -0.2) is 67.1 Å². The molecular formula is C19H23FN4O2. The number of ether oxygens (including phenoxy) is 1. The van der Waals surface area contributed by atoms with E-state index in [-0.39, 0.29) is 17.7 Å². The van der Waals surface area contributed by atoms with E-state index in [4.69, 9.17) is 4.74 Å². The van der Waals surface area contributed by atoms with Crippen molar-refractivity contribution >= 4 is 17.4 Å². The Morgan fingerprint density at radius 3 is 2.92 bits per heavy atom. The van der Waals surface area contributed by atoms with Gasteiger partial charge in [-0.25, -0.2) is 9.37 Å². The molecule has 0 saturated carbocycles. The maximum absolute atomic E-state index is 13.9. The SMILES string of the molecule is CN(C)CC1CN(C(=O)c2cccnc2Nc2ccccc2F)CCO1. The van der Waals surface area contributed by atoms with Gasteiger partial charge >= 0.3 is 0 Å². The van der Waals surface area contributed by atoms with Crippen LogP contribution in [-0.2, 0) is 4.74 Å². The van der Waals surface area contributed by atoms with Crippen molar-refractivity contribution in [2.24, 2.45) is 0 Å². The molecule has 2 aromatic rings. The largest absolute Gasteiger partial charge is 0.373 e. The Hall–Kier alpha value is -2.51. The van der Waals surface area contributed by atoms with Crippen molar-refractivity contribution in [2.45, 2.75) is 6.10 Å². The van der Waals surface area contributed by atoms with Gasteiger partial charge in [0.05, 0.1) is 24.0 Å². The minimum atomic E-state index is -0.394. The van der Waals surface area contributed by atoms with E-state index in [9.17, 15) is 9.18 Å². The van der Waals surface area contributed by atoms with E-state index < -0.39 is 5.82 Å². The fraction of sp³-hybridized carbons (Fsp3) is 0.368. The first kappa shape index (κ1) is 18.3. The number of hydrogen-bond donors (Lipinski definition) is 1. The number of para-hydroxylation sites is 1. The normalized spacial score (nSPS) is 17.4. The fourth-order valence-corrected chi connectivity index (χ4v) is 2.96. The number of halogens is 1. The Kier molecular flexibility index (Phi) is 5.80. The van der Waals surface area contributed by atoms with Crippen LogP contribution in [0.25, 0.3) is 0 Å². The summed E-state index contributed by atoms with van der Waals surface area (Å²) in [4.78, 5) is 21.0.